The summed E-state index contributed by atoms with van der Waals surface area (Å²) in [5, 5.41) is 0. The zero-order valence-electron chi connectivity index (χ0n) is 13.5. The molecule has 0 N–H and O–H groups in total. The molecular formula is C19H26O. The van der Waals surface area contributed by atoms with Crippen LogP contribution in [0, 0.1) is 11.3 Å². The highest BCUT2D eigenvalue weighted by molar-refractivity contribution is 5.86. The van der Waals surface area contributed by atoms with Gasteiger partial charge >= 0.3 is 0 Å². The minimum Gasteiger partial charge on any atom is -0.299 e. The molecule has 0 heterocycles. The Kier molecular flexibility index (Phi) is 4.23. The number of fused-ring (bicyclic) bond motifs is 1. The van der Waals surface area contributed by atoms with Gasteiger partial charge in [0.15, 0.2) is 0 Å². The molecule has 0 aromatic rings. The van der Waals surface area contributed by atoms with E-state index in [1.165, 1.54) is 22.3 Å². The first-order valence-electron chi connectivity index (χ1n) is 7.66. The predicted octanol–water partition coefficient (Wildman–Crippen LogP) is 5.14. The molecule has 0 bridgehead atoms. The Morgan fingerprint density at radius 2 is 1.70 bits per heavy atom. The lowest BCUT2D eigenvalue weighted by atomic mass is 9.68. The van der Waals surface area contributed by atoms with E-state index in [-0.39, 0.29) is 11.3 Å². The van der Waals surface area contributed by atoms with Crippen molar-refractivity contribution >= 4 is 5.78 Å². The van der Waals surface area contributed by atoms with Crippen LogP contribution in [-0.2, 0) is 4.79 Å². The number of ketones is 1. The molecule has 1 nitrogen and oxygen atoms in total. The smallest absolute Gasteiger partial charge is 0.141 e. The Labute approximate surface area is 123 Å². The molecule has 0 radical (unpaired) electrons. The van der Waals surface area contributed by atoms with E-state index in [0.29, 0.717) is 12.2 Å². The molecule has 1 saturated carbocycles. The second-order valence-corrected chi connectivity index (χ2v) is 7.36. The van der Waals surface area contributed by atoms with E-state index in [2.05, 4.69) is 46.1 Å². The first-order valence-corrected chi connectivity index (χ1v) is 7.66. The highest BCUT2D eigenvalue weighted by Crippen LogP contribution is 2.41. The van der Waals surface area contributed by atoms with Crippen LogP contribution >= 0.6 is 0 Å². The van der Waals surface area contributed by atoms with Gasteiger partial charge in [0.25, 0.3) is 0 Å². The van der Waals surface area contributed by atoms with Gasteiger partial charge in [-0.3, -0.25) is 4.79 Å². The lowest BCUT2D eigenvalue weighted by molar-refractivity contribution is -0.125. The van der Waals surface area contributed by atoms with E-state index in [1.54, 1.807) is 0 Å². The van der Waals surface area contributed by atoms with Crippen LogP contribution in [0.2, 0.25) is 0 Å². The quantitative estimate of drug-likeness (QED) is 0.440. The van der Waals surface area contributed by atoms with E-state index in [9.17, 15) is 4.79 Å². The van der Waals surface area contributed by atoms with Gasteiger partial charge in [0.1, 0.15) is 5.78 Å². The number of hydrogen-bond donors (Lipinski definition) is 0. The molecule has 2 rings (SSSR count). The summed E-state index contributed by atoms with van der Waals surface area (Å²) in [6.07, 6.45) is 4.66. The number of rotatable bonds is 0. The third-order valence-electron chi connectivity index (χ3n) is 4.68. The van der Waals surface area contributed by atoms with Crippen molar-refractivity contribution in [3.8, 4) is 0 Å². The highest BCUT2D eigenvalue weighted by Gasteiger charge is 2.37. The highest BCUT2D eigenvalue weighted by atomic mass is 16.1. The lowest BCUT2D eigenvalue weighted by Gasteiger charge is -2.35. The summed E-state index contributed by atoms with van der Waals surface area (Å²) in [4.78, 5) is 12.5. The van der Waals surface area contributed by atoms with Crippen LogP contribution in [0.25, 0.3) is 0 Å². The predicted molar refractivity (Wildman–Crippen MR) is 83.5 cm³/mol. The van der Waals surface area contributed by atoms with Crippen LogP contribution in [0.3, 0.4) is 0 Å². The van der Waals surface area contributed by atoms with Crippen LogP contribution in [0.15, 0.2) is 33.8 Å². The van der Waals surface area contributed by atoms with Gasteiger partial charge in [-0.25, -0.2) is 0 Å². The monoisotopic (exact) mass is 270 g/mol. The van der Waals surface area contributed by atoms with Crippen molar-refractivity contribution in [1.29, 1.82) is 0 Å². The fourth-order valence-electron chi connectivity index (χ4n) is 3.18. The summed E-state index contributed by atoms with van der Waals surface area (Å²) >= 11 is 0. The van der Waals surface area contributed by atoms with E-state index in [0.717, 1.165) is 25.7 Å². The van der Waals surface area contributed by atoms with Gasteiger partial charge in [0.05, 0.1) is 5.92 Å². The molecule has 20 heavy (non-hydrogen) atoms. The molecule has 0 aromatic heterocycles. The second kappa shape index (κ2) is 5.60. The summed E-state index contributed by atoms with van der Waals surface area (Å²) in [5.41, 5.74) is 11.9. The molecule has 1 fully saturated rings. The van der Waals surface area contributed by atoms with Crippen LogP contribution < -0.4 is 0 Å². The minimum atomic E-state index is 0.0383. The Bertz CT molecular complexity index is 559. The molecule has 0 amide bonds. The molecule has 1 atom stereocenters. The van der Waals surface area contributed by atoms with Crippen LogP contribution in [0.4, 0.5) is 0 Å². The van der Waals surface area contributed by atoms with Gasteiger partial charge in [0.2, 0.25) is 0 Å². The maximum Gasteiger partial charge on any atom is 0.141 e. The van der Waals surface area contributed by atoms with E-state index in [4.69, 9.17) is 0 Å². The average Bonchev–Trinajstić information content (AvgIpc) is 2.35. The van der Waals surface area contributed by atoms with Crippen molar-refractivity contribution < 1.29 is 4.79 Å². The SMILES string of the molecule is CC1=C=C=C2CC(C)(C)CC(=O)C2C/C(C)=C(\C)CC1. The Hall–Kier alpha value is -1.29. The molecule has 2 aliphatic carbocycles. The molecule has 2 aliphatic rings. The molecule has 0 saturated heterocycles. The largest absolute Gasteiger partial charge is 0.299 e. The molecule has 0 spiro atoms. The molecule has 1 unspecified atom stereocenters. The van der Waals surface area contributed by atoms with Gasteiger partial charge < -0.3 is 0 Å². The summed E-state index contributed by atoms with van der Waals surface area (Å²) in [7, 11) is 0. The Morgan fingerprint density at radius 1 is 1.00 bits per heavy atom. The van der Waals surface area contributed by atoms with E-state index < -0.39 is 0 Å². The van der Waals surface area contributed by atoms with Crippen molar-refractivity contribution in [2.24, 2.45) is 11.3 Å². The number of allylic oxidation sites excluding steroid dienone is 4. The zero-order valence-corrected chi connectivity index (χ0v) is 13.5. The maximum absolute atomic E-state index is 12.5. The van der Waals surface area contributed by atoms with Crippen molar-refractivity contribution in [2.45, 2.75) is 66.7 Å². The van der Waals surface area contributed by atoms with Crippen molar-refractivity contribution in [1.82, 2.24) is 0 Å². The minimum absolute atomic E-state index is 0.0383. The fourth-order valence-corrected chi connectivity index (χ4v) is 3.18. The second-order valence-electron chi connectivity index (χ2n) is 7.36. The van der Waals surface area contributed by atoms with Crippen molar-refractivity contribution in [3.63, 3.8) is 0 Å². The molecule has 0 aromatic carbocycles. The summed E-state index contributed by atoms with van der Waals surface area (Å²) in [6.45, 7) is 10.9. The van der Waals surface area contributed by atoms with Gasteiger partial charge in [0, 0.05) is 6.42 Å². The third kappa shape index (κ3) is 3.42. The van der Waals surface area contributed by atoms with Gasteiger partial charge in [-0.15, -0.1) is 0 Å². The fraction of sp³-hybridized carbons (Fsp3) is 0.632. The summed E-state index contributed by atoms with van der Waals surface area (Å²) in [6, 6.07) is 0. The maximum atomic E-state index is 12.5. The third-order valence-corrected chi connectivity index (χ3v) is 4.68. The molecule has 1 heteroatoms. The van der Waals surface area contributed by atoms with Gasteiger partial charge in [-0.05, 0) is 63.0 Å². The number of hydrogen-bond acceptors (Lipinski definition) is 1. The van der Waals surface area contributed by atoms with E-state index in [1.807, 2.05) is 0 Å². The summed E-state index contributed by atoms with van der Waals surface area (Å²) in [5.74, 6) is 0.423. The standard InChI is InChI=1S/C19H26O/c1-13-6-8-14(2)15(3)10-17-16(9-7-13)11-19(4,5)12-18(17)20/h17H,6,8,10-12H2,1-5H3/b15-14+,16-13?. The van der Waals surface area contributed by atoms with Crippen molar-refractivity contribution in [3.05, 3.63) is 33.8 Å². The van der Waals surface area contributed by atoms with Gasteiger partial charge in [-0.1, -0.05) is 36.5 Å². The number of carbonyl (C=O) groups excluding carboxylic acids is 1. The Morgan fingerprint density at radius 3 is 2.40 bits per heavy atom. The van der Waals surface area contributed by atoms with Crippen LogP contribution in [0.5, 0.6) is 0 Å². The molecule has 0 aliphatic heterocycles. The molecular weight excluding hydrogens is 244 g/mol. The normalized spacial score (nSPS) is 30.4. The molecule has 108 valence electrons. The topological polar surface area (TPSA) is 17.1 Å². The number of carbonyl (C=O) groups is 1. The summed E-state index contributed by atoms with van der Waals surface area (Å²) < 4.78 is 0. The van der Waals surface area contributed by atoms with Crippen LogP contribution in [-0.4, -0.2) is 5.78 Å². The van der Waals surface area contributed by atoms with E-state index >= 15 is 0 Å². The van der Waals surface area contributed by atoms with Crippen molar-refractivity contribution in [2.75, 3.05) is 0 Å². The Balaban J connectivity index is 2.52. The first-order chi connectivity index (χ1) is 9.28. The average molecular weight is 270 g/mol. The number of Topliss-reactive ketones (excluding diaryl/α,β-unsaturated/α-hetero) is 1. The zero-order chi connectivity index (χ0) is 14.9. The van der Waals surface area contributed by atoms with Gasteiger partial charge in [-0.2, -0.15) is 0 Å². The lowest BCUT2D eigenvalue weighted by Crippen LogP contribution is -2.32. The van der Waals surface area contributed by atoms with Crippen LogP contribution in [0.1, 0.15) is 66.7 Å². The first kappa shape index (κ1) is 15.1.